The van der Waals surface area contributed by atoms with Gasteiger partial charge in [0.15, 0.2) is 15.6 Å². The van der Waals surface area contributed by atoms with Gasteiger partial charge in [-0.05, 0) is 102 Å². The molecule has 0 bridgehead atoms. The van der Waals surface area contributed by atoms with Crippen LogP contribution in [0.5, 0.6) is 11.5 Å². The summed E-state index contributed by atoms with van der Waals surface area (Å²) in [5.41, 5.74) is 2.43. The summed E-state index contributed by atoms with van der Waals surface area (Å²) >= 11 is 0. The van der Waals surface area contributed by atoms with E-state index in [-0.39, 0.29) is 28.8 Å². The van der Waals surface area contributed by atoms with Gasteiger partial charge in [-0.1, -0.05) is 30.7 Å². The van der Waals surface area contributed by atoms with Gasteiger partial charge in [0.25, 0.3) is 0 Å². The van der Waals surface area contributed by atoms with E-state index in [9.17, 15) is 18.3 Å². The van der Waals surface area contributed by atoms with E-state index in [1.165, 1.54) is 25.5 Å². The number of phenolic OH excluding ortho intramolecular Hbond substituents is 1. The lowest BCUT2D eigenvalue weighted by atomic mass is 9.89. The molecule has 1 aliphatic rings. The van der Waals surface area contributed by atoms with Crippen molar-refractivity contribution >= 4 is 38.8 Å². The van der Waals surface area contributed by atoms with Crippen molar-refractivity contribution in [3.8, 4) is 22.6 Å². The average Bonchev–Trinajstić information content (AvgIpc) is 2.92. The first-order valence-corrected chi connectivity index (χ1v) is 14.7. The number of carbonyl (C=O) groups is 1. The van der Waals surface area contributed by atoms with Crippen LogP contribution in [0.25, 0.3) is 21.9 Å². The van der Waals surface area contributed by atoms with E-state index in [0.29, 0.717) is 28.7 Å². The number of likely N-dealkylation sites (tertiary alicyclic amines) is 1. The van der Waals surface area contributed by atoms with Crippen molar-refractivity contribution < 1.29 is 23.1 Å². The first-order chi connectivity index (χ1) is 18.3. The van der Waals surface area contributed by atoms with Crippen molar-refractivity contribution in [2.45, 2.75) is 24.2 Å². The lowest BCUT2D eigenvalue weighted by molar-refractivity contribution is 0.104. The summed E-state index contributed by atoms with van der Waals surface area (Å²) in [6, 6.07) is 22.3. The molecule has 1 fully saturated rings. The molecule has 0 saturated carbocycles. The van der Waals surface area contributed by atoms with Gasteiger partial charge in [0, 0.05) is 23.9 Å². The number of hydrogen-bond donors (Lipinski definition) is 1. The topological polar surface area (TPSA) is 83.9 Å². The maximum absolute atomic E-state index is 13.9. The highest BCUT2D eigenvalue weighted by Crippen LogP contribution is 2.34. The first kappa shape index (κ1) is 28.6. The standard InChI is InChI=1S/C31H31NO5S.ClH/c1-38(35,36)27-13-7-22(8-14-27)28-15-9-24-21-25(33)10-16-29(24)30(28)31(34)23-5-11-26(12-6-23)37-20-19-32-17-3-2-4-18-32;/h5-16,21,33H,2-4,17-20H2,1H3;1H. The number of benzene rings is 4. The Bertz CT molecular complexity index is 1560. The van der Waals surface area contributed by atoms with Crippen LogP contribution in [0.2, 0.25) is 0 Å². The lowest BCUT2D eigenvalue weighted by Gasteiger charge is -2.26. The maximum Gasteiger partial charge on any atom is 0.194 e. The smallest absolute Gasteiger partial charge is 0.194 e. The van der Waals surface area contributed by atoms with Crippen LogP contribution in [-0.4, -0.2) is 56.7 Å². The predicted molar refractivity (Wildman–Crippen MR) is 157 cm³/mol. The van der Waals surface area contributed by atoms with E-state index in [1.807, 2.05) is 24.3 Å². The Kier molecular flexibility index (Phi) is 8.95. The lowest BCUT2D eigenvalue weighted by Crippen LogP contribution is -2.33. The molecule has 6 nitrogen and oxygen atoms in total. The second kappa shape index (κ2) is 12.2. The van der Waals surface area contributed by atoms with Gasteiger partial charge in [-0.2, -0.15) is 0 Å². The van der Waals surface area contributed by atoms with Gasteiger partial charge in [-0.25, -0.2) is 8.42 Å². The van der Waals surface area contributed by atoms with Crippen LogP contribution < -0.4 is 4.74 Å². The molecule has 1 heterocycles. The van der Waals surface area contributed by atoms with Crippen LogP contribution in [0.1, 0.15) is 35.2 Å². The first-order valence-electron chi connectivity index (χ1n) is 12.9. The molecule has 5 rings (SSSR count). The molecule has 0 radical (unpaired) electrons. The molecule has 0 aromatic heterocycles. The molecule has 4 aromatic rings. The van der Waals surface area contributed by atoms with Crippen LogP contribution >= 0.6 is 12.4 Å². The molecule has 4 aromatic carbocycles. The van der Waals surface area contributed by atoms with Crippen molar-refractivity contribution in [1.29, 1.82) is 0 Å². The molecule has 8 heteroatoms. The SMILES string of the molecule is CS(=O)(=O)c1ccc(-c2ccc3cc(O)ccc3c2C(=O)c2ccc(OCCN3CCCCC3)cc2)cc1.Cl. The summed E-state index contributed by atoms with van der Waals surface area (Å²) in [6.07, 6.45) is 4.96. The molecular formula is C31H32ClNO5S. The van der Waals surface area contributed by atoms with Crippen molar-refractivity contribution in [1.82, 2.24) is 4.90 Å². The molecule has 0 unspecified atom stereocenters. The van der Waals surface area contributed by atoms with Gasteiger partial charge in [-0.15, -0.1) is 12.4 Å². The zero-order valence-electron chi connectivity index (χ0n) is 21.8. The largest absolute Gasteiger partial charge is 0.508 e. The van der Waals surface area contributed by atoms with Crippen LogP contribution in [0.15, 0.2) is 83.8 Å². The quantitative estimate of drug-likeness (QED) is 0.259. The molecule has 0 spiro atoms. The summed E-state index contributed by atoms with van der Waals surface area (Å²) in [6.45, 7) is 3.75. The number of nitrogens with zero attached hydrogens (tertiary/aromatic N) is 1. The summed E-state index contributed by atoms with van der Waals surface area (Å²) in [7, 11) is -3.34. The molecule has 39 heavy (non-hydrogen) atoms. The molecule has 204 valence electrons. The molecule has 1 N–H and O–H groups in total. The summed E-state index contributed by atoms with van der Waals surface area (Å²) in [5.74, 6) is 0.675. The Balaban J connectivity index is 0.00000353. The summed E-state index contributed by atoms with van der Waals surface area (Å²) < 4.78 is 29.8. The van der Waals surface area contributed by atoms with Crippen molar-refractivity contribution in [2.24, 2.45) is 0 Å². The van der Waals surface area contributed by atoms with Crippen molar-refractivity contribution in [3.63, 3.8) is 0 Å². The van der Waals surface area contributed by atoms with Crippen LogP contribution in [-0.2, 0) is 9.84 Å². The third kappa shape index (κ3) is 6.61. The summed E-state index contributed by atoms with van der Waals surface area (Å²) in [4.78, 5) is 16.5. The molecular weight excluding hydrogens is 534 g/mol. The number of hydrogen-bond acceptors (Lipinski definition) is 6. The number of rotatable bonds is 8. The molecule has 0 aliphatic carbocycles. The normalized spacial score (nSPS) is 14.1. The number of ether oxygens (including phenoxy) is 1. The Morgan fingerprint density at radius 3 is 2.26 bits per heavy atom. The predicted octanol–water partition coefficient (Wildman–Crippen LogP) is 6.13. The molecule has 0 atom stereocenters. The maximum atomic E-state index is 13.9. The number of halogens is 1. The van der Waals surface area contributed by atoms with Crippen LogP contribution in [0.3, 0.4) is 0 Å². The molecule has 1 saturated heterocycles. The third-order valence-corrected chi connectivity index (χ3v) is 8.19. The fraction of sp³-hybridized carbons (Fsp3) is 0.258. The second-order valence-electron chi connectivity index (χ2n) is 9.79. The highest BCUT2D eigenvalue weighted by Gasteiger charge is 2.20. The number of phenols is 1. The molecule has 1 aliphatic heterocycles. The van der Waals surface area contributed by atoms with Gasteiger partial charge in [-0.3, -0.25) is 9.69 Å². The number of sulfone groups is 1. The zero-order valence-corrected chi connectivity index (χ0v) is 23.4. The summed E-state index contributed by atoms with van der Waals surface area (Å²) in [5, 5.41) is 11.4. The van der Waals surface area contributed by atoms with E-state index in [0.717, 1.165) is 36.3 Å². The Morgan fingerprint density at radius 1 is 0.897 bits per heavy atom. The third-order valence-electron chi connectivity index (χ3n) is 7.07. The minimum Gasteiger partial charge on any atom is -0.508 e. The fourth-order valence-corrected chi connectivity index (χ4v) is 5.64. The van der Waals surface area contributed by atoms with Gasteiger partial charge in [0.1, 0.15) is 18.1 Å². The fourth-order valence-electron chi connectivity index (χ4n) is 5.01. The van der Waals surface area contributed by atoms with Crippen LogP contribution in [0, 0.1) is 0 Å². The number of ketones is 1. The van der Waals surface area contributed by atoms with E-state index in [2.05, 4.69) is 4.90 Å². The Morgan fingerprint density at radius 2 is 1.59 bits per heavy atom. The van der Waals surface area contributed by atoms with Crippen LogP contribution in [0.4, 0.5) is 0 Å². The van der Waals surface area contributed by atoms with Gasteiger partial charge < -0.3 is 9.84 Å². The van der Waals surface area contributed by atoms with Gasteiger partial charge in [0.2, 0.25) is 0 Å². The van der Waals surface area contributed by atoms with E-state index >= 15 is 0 Å². The highest BCUT2D eigenvalue weighted by molar-refractivity contribution is 7.90. The minimum absolute atomic E-state index is 0. The van der Waals surface area contributed by atoms with E-state index in [1.54, 1.807) is 54.6 Å². The van der Waals surface area contributed by atoms with Crippen molar-refractivity contribution in [3.05, 3.63) is 90.0 Å². The Labute approximate surface area is 235 Å². The minimum atomic E-state index is -3.34. The van der Waals surface area contributed by atoms with Gasteiger partial charge >= 0.3 is 0 Å². The number of fused-ring (bicyclic) bond motifs is 1. The average molecular weight is 566 g/mol. The number of piperidine rings is 1. The Hall–Kier alpha value is -3.39. The van der Waals surface area contributed by atoms with E-state index < -0.39 is 9.84 Å². The highest BCUT2D eigenvalue weighted by atomic mass is 35.5. The van der Waals surface area contributed by atoms with Crippen molar-refractivity contribution in [2.75, 3.05) is 32.5 Å². The number of carbonyl (C=O) groups excluding carboxylic acids is 1. The number of aromatic hydroxyl groups is 1. The van der Waals surface area contributed by atoms with E-state index in [4.69, 9.17) is 4.74 Å². The monoisotopic (exact) mass is 565 g/mol. The molecule has 0 amide bonds. The second-order valence-corrected chi connectivity index (χ2v) is 11.8. The zero-order chi connectivity index (χ0) is 26.7. The van der Waals surface area contributed by atoms with Gasteiger partial charge in [0.05, 0.1) is 4.90 Å².